The molecule has 0 radical (unpaired) electrons. The molecule has 0 aliphatic heterocycles. The van der Waals surface area contributed by atoms with E-state index in [4.69, 9.17) is 0 Å². The Morgan fingerprint density at radius 1 is 0.862 bits per heavy atom. The molecule has 0 fully saturated rings. The topological polar surface area (TPSA) is 102 Å². The summed E-state index contributed by atoms with van der Waals surface area (Å²) in [5.74, 6) is -0.305. The van der Waals surface area contributed by atoms with Gasteiger partial charge in [0, 0.05) is 22.9 Å². The van der Waals surface area contributed by atoms with Gasteiger partial charge in [0.15, 0.2) is 14.9 Å². The van der Waals surface area contributed by atoms with Crippen LogP contribution in [0.5, 0.6) is 0 Å². The molecule has 7 nitrogen and oxygen atoms in total. The Labute approximate surface area is 167 Å². The van der Waals surface area contributed by atoms with Crippen molar-refractivity contribution in [3.8, 4) is 11.3 Å². The molecule has 0 aliphatic rings. The number of benzene rings is 2. The van der Waals surface area contributed by atoms with Crippen LogP contribution in [-0.2, 0) is 9.84 Å². The van der Waals surface area contributed by atoms with Crippen LogP contribution in [0.15, 0.2) is 77.8 Å². The SMILES string of the molecule is CS(=O)(=O)c1ccc(-c2ccc(NC(=O)c3ccc4ccccc4n3)cc2)nn1. The first-order valence-electron chi connectivity index (χ1n) is 8.71. The molecule has 0 unspecified atom stereocenters. The molecule has 0 atom stereocenters. The molecule has 29 heavy (non-hydrogen) atoms. The molecule has 0 bridgehead atoms. The van der Waals surface area contributed by atoms with E-state index in [0.29, 0.717) is 17.1 Å². The molecule has 0 saturated heterocycles. The number of fused-ring (bicyclic) bond motifs is 1. The van der Waals surface area contributed by atoms with Crippen LogP contribution < -0.4 is 5.32 Å². The average Bonchev–Trinajstić information content (AvgIpc) is 2.73. The lowest BCUT2D eigenvalue weighted by Crippen LogP contribution is -2.13. The van der Waals surface area contributed by atoms with Crippen LogP contribution in [0.25, 0.3) is 22.2 Å². The third-order valence-corrected chi connectivity index (χ3v) is 5.27. The van der Waals surface area contributed by atoms with E-state index in [-0.39, 0.29) is 10.9 Å². The summed E-state index contributed by atoms with van der Waals surface area (Å²) in [7, 11) is -3.39. The van der Waals surface area contributed by atoms with Gasteiger partial charge >= 0.3 is 0 Å². The lowest BCUT2D eigenvalue weighted by atomic mass is 10.1. The first-order chi connectivity index (χ1) is 13.9. The number of anilines is 1. The van der Waals surface area contributed by atoms with Crippen molar-refractivity contribution in [3.05, 3.63) is 78.5 Å². The minimum atomic E-state index is -3.39. The predicted octanol–water partition coefficient (Wildman–Crippen LogP) is 3.35. The maximum Gasteiger partial charge on any atom is 0.274 e. The number of hydrogen-bond acceptors (Lipinski definition) is 6. The predicted molar refractivity (Wildman–Crippen MR) is 110 cm³/mol. The standard InChI is InChI=1S/C21H16N4O3S/c1-29(27,28)20-13-12-18(24-25-20)15-6-9-16(10-7-15)22-21(26)19-11-8-14-4-2-3-5-17(14)23-19/h2-13H,1H3,(H,22,26). The monoisotopic (exact) mass is 404 g/mol. The minimum absolute atomic E-state index is 0.0759. The molecule has 1 N–H and O–H groups in total. The number of sulfone groups is 1. The number of pyridine rings is 1. The number of nitrogens with one attached hydrogen (secondary N) is 1. The summed E-state index contributed by atoms with van der Waals surface area (Å²) in [6, 6.07) is 21.2. The van der Waals surface area contributed by atoms with Crippen molar-refractivity contribution in [2.24, 2.45) is 0 Å². The van der Waals surface area contributed by atoms with Crippen LogP contribution in [-0.4, -0.2) is 35.8 Å². The average molecular weight is 404 g/mol. The normalized spacial score (nSPS) is 11.3. The fraction of sp³-hybridized carbons (Fsp3) is 0.0476. The van der Waals surface area contributed by atoms with Crippen LogP contribution >= 0.6 is 0 Å². The smallest absolute Gasteiger partial charge is 0.274 e. The maximum atomic E-state index is 12.5. The van der Waals surface area contributed by atoms with Crippen molar-refractivity contribution in [1.82, 2.24) is 15.2 Å². The van der Waals surface area contributed by atoms with E-state index in [1.807, 2.05) is 30.3 Å². The van der Waals surface area contributed by atoms with Gasteiger partial charge in [-0.15, -0.1) is 10.2 Å². The number of rotatable bonds is 4. The number of nitrogens with zero attached hydrogens (tertiary/aromatic N) is 3. The quantitative estimate of drug-likeness (QED) is 0.560. The number of aromatic nitrogens is 3. The van der Waals surface area contributed by atoms with E-state index in [0.717, 1.165) is 22.7 Å². The maximum absolute atomic E-state index is 12.5. The van der Waals surface area contributed by atoms with E-state index in [2.05, 4.69) is 20.5 Å². The van der Waals surface area contributed by atoms with Gasteiger partial charge in [0.25, 0.3) is 5.91 Å². The molecule has 2 aromatic carbocycles. The molecule has 8 heteroatoms. The van der Waals surface area contributed by atoms with Gasteiger partial charge in [0.2, 0.25) is 0 Å². The van der Waals surface area contributed by atoms with Gasteiger partial charge in [-0.3, -0.25) is 4.79 Å². The molecular weight excluding hydrogens is 388 g/mol. The number of carbonyl (C=O) groups excluding carboxylic acids is 1. The van der Waals surface area contributed by atoms with E-state index in [1.165, 1.54) is 6.07 Å². The molecule has 1 amide bonds. The highest BCUT2D eigenvalue weighted by atomic mass is 32.2. The molecule has 2 aromatic heterocycles. The van der Waals surface area contributed by atoms with Crippen LogP contribution in [0, 0.1) is 0 Å². The first kappa shape index (κ1) is 18.7. The van der Waals surface area contributed by atoms with Gasteiger partial charge < -0.3 is 5.32 Å². The summed E-state index contributed by atoms with van der Waals surface area (Å²) >= 11 is 0. The molecule has 0 spiro atoms. The van der Waals surface area contributed by atoms with Crippen LogP contribution in [0.1, 0.15) is 10.5 Å². The number of carbonyl (C=O) groups is 1. The van der Waals surface area contributed by atoms with Gasteiger partial charge in [-0.05, 0) is 36.4 Å². The van der Waals surface area contributed by atoms with Crippen molar-refractivity contribution < 1.29 is 13.2 Å². The highest BCUT2D eigenvalue weighted by Gasteiger charge is 2.11. The van der Waals surface area contributed by atoms with Crippen LogP contribution in [0.4, 0.5) is 5.69 Å². The number of amides is 1. The summed E-state index contributed by atoms with van der Waals surface area (Å²) in [5, 5.41) is 11.4. The van der Waals surface area contributed by atoms with E-state index >= 15 is 0 Å². The second-order valence-corrected chi connectivity index (χ2v) is 8.41. The molecule has 4 rings (SSSR count). The Morgan fingerprint density at radius 3 is 2.31 bits per heavy atom. The summed E-state index contributed by atoms with van der Waals surface area (Å²) in [6.45, 7) is 0. The fourth-order valence-electron chi connectivity index (χ4n) is 2.78. The molecule has 4 aromatic rings. The van der Waals surface area contributed by atoms with E-state index in [9.17, 15) is 13.2 Å². The highest BCUT2D eigenvalue weighted by Crippen LogP contribution is 2.20. The van der Waals surface area contributed by atoms with Crippen molar-refractivity contribution >= 4 is 32.3 Å². The van der Waals surface area contributed by atoms with Crippen molar-refractivity contribution in [1.29, 1.82) is 0 Å². The zero-order chi connectivity index (χ0) is 20.4. The second-order valence-electron chi connectivity index (χ2n) is 6.45. The zero-order valence-electron chi connectivity index (χ0n) is 15.4. The summed E-state index contributed by atoms with van der Waals surface area (Å²) in [5.41, 5.74) is 2.97. The van der Waals surface area contributed by atoms with Gasteiger partial charge in [-0.2, -0.15) is 0 Å². The Bertz CT molecular complexity index is 1300. The highest BCUT2D eigenvalue weighted by molar-refractivity contribution is 7.90. The lowest BCUT2D eigenvalue weighted by molar-refractivity contribution is 0.102. The van der Waals surface area contributed by atoms with Crippen molar-refractivity contribution in [2.45, 2.75) is 5.03 Å². The van der Waals surface area contributed by atoms with Gasteiger partial charge in [0.05, 0.1) is 11.2 Å². The minimum Gasteiger partial charge on any atom is -0.321 e. The molecule has 0 aliphatic carbocycles. The Morgan fingerprint density at radius 2 is 1.62 bits per heavy atom. The number of para-hydroxylation sites is 1. The molecule has 2 heterocycles. The molecule has 144 valence electrons. The number of hydrogen-bond donors (Lipinski definition) is 1. The van der Waals surface area contributed by atoms with Crippen molar-refractivity contribution in [2.75, 3.05) is 11.6 Å². The van der Waals surface area contributed by atoms with Gasteiger partial charge in [-0.1, -0.05) is 36.4 Å². The van der Waals surface area contributed by atoms with Gasteiger partial charge in [-0.25, -0.2) is 13.4 Å². The van der Waals surface area contributed by atoms with Crippen LogP contribution in [0.2, 0.25) is 0 Å². The first-order valence-corrected chi connectivity index (χ1v) is 10.6. The molecule has 0 saturated carbocycles. The third-order valence-electron chi connectivity index (χ3n) is 4.29. The summed E-state index contributed by atoms with van der Waals surface area (Å²) in [6.07, 6.45) is 1.08. The summed E-state index contributed by atoms with van der Waals surface area (Å²) in [4.78, 5) is 16.9. The summed E-state index contributed by atoms with van der Waals surface area (Å²) < 4.78 is 22.9. The van der Waals surface area contributed by atoms with Crippen LogP contribution in [0.3, 0.4) is 0 Å². The largest absolute Gasteiger partial charge is 0.321 e. The van der Waals surface area contributed by atoms with E-state index in [1.54, 1.807) is 36.4 Å². The molecular formula is C21H16N4O3S. The zero-order valence-corrected chi connectivity index (χ0v) is 16.2. The lowest BCUT2D eigenvalue weighted by Gasteiger charge is -2.07. The van der Waals surface area contributed by atoms with E-state index < -0.39 is 9.84 Å². The fourth-order valence-corrected chi connectivity index (χ4v) is 3.29. The van der Waals surface area contributed by atoms with Crippen molar-refractivity contribution in [3.63, 3.8) is 0 Å². The Kier molecular flexibility index (Phi) is 4.77. The Hall–Kier alpha value is -3.65. The Balaban J connectivity index is 1.50. The third kappa shape index (κ3) is 4.12. The second kappa shape index (κ2) is 7.40. The van der Waals surface area contributed by atoms with Gasteiger partial charge in [0.1, 0.15) is 5.69 Å².